The number of fused-ring (bicyclic) bond motifs is 2. The molecule has 1 aromatic heterocycles. The molecule has 0 amide bonds. The second-order valence-electron chi connectivity index (χ2n) is 7.07. The minimum Gasteiger partial charge on any atom is -0.508 e. The number of phenols is 1. The van der Waals surface area contributed by atoms with Crippen LogP contribution in [0, 0.1) is 10.1 Å². The summed E-state index contributed by atoms with van der Waals surface area (Å²) in [6, 6.07) is 8.12. The summed E-state index contributed by atoms with van der Waals surface area (Å²) in [6.45, 7) is 1.46. The average molecular weight is 435 g/mol. The topological polar surface area (TPSA) is 151 Å². The van der Waals surface area contributed by atoms with Crippen molar-refractivity contribution in [2.45, 2.75) is 6.54 Å². The first-order chi connectivity index (χ1) is 14.0. The fourth-order valence-electron chi connectivity index (χ4n) is 3.16. The molecule has 0 fully saturated rings. The molecule has 2 heterocycles. The first-order valence-corrected chi connectivity index (χ1v) is 10.7. The highest BCUT2D eigenvalue weighted by Gasteiger charge is 2.29. The van der Waals surface area contributed by atoms with Gasteiger partial charge in [0, 0.05) is 23.9 Å². The van der Waals surface area contributed by atoms with Gasteiger partial charge in [0.25, 0.3) is 15.8 Å². The largest absolute Gasteiger partial charge is 0.508 e. The Morgan fingerprint density at radius 1 is 1.27 bits per heavy atom. The summed E-state index contributed by atoms with van der Waals surface area (Å²) in [6.07, 6.45) is 0.715. The van der Waals surface area contributed by atoms with Gasteiger partial charge in [0.15, 0.2) is 0 Å². The lowest BCUT2D eigenvalue weighted by Crippen LogP contribution is -2.18. The third-order valence-electron chi connectivity index (χ3n) is 4.37. The first-order valence-electron chi connectivity index (χ1n) is 8.81. The lowest BCUT2D eigenvalue weighted by Gasteiger charge is -2.17. The second kappa shape index (κ2) is 7.89. The van der Waals surface area contributed by atoms with Crippen molar-refractivity contribution in [3.05, 3.63) is 40.4 Å². The molecule has 12 heteroatoms. The van der Waals surface area contributed by atoms with Crippen LogP contribution in [0.4, 0.5) is 17.1 Å². The number of aromatic hydroxyl groups is 1. The minimum absolute atomic E-state index is 0.0136. The molecule has 1 aliphatic heterocycles. The van der Waals surface area contributed by atoms with Gasteiger partial charge in [0.2, 0.25) is 0 Å². The predicted molar refractivity (Wildman–Crippen MR) is 113 cm³/mol. The maximum absolute atomic E-state index is 11.4. The second-order valence-corrected chi connectivity index (χ2v) is 8.54. The van der Waals surface area contributed by atoms with Gasteiger partial charge >= 0.3 is 0 Å². The number of nitro groups is 1. The van der Waals surface area contributed by atoms with Crippen molar-refractivity contribution >= 4 is 38.1 Å². The van der Waals surface area contributed by atoms with Gasteiger partial charge in [-0.15, -0.1) is 0 Å². The number of hydrogen-bond donors (Lipinski definition) is 3. The Labute approximate surface area is 172 Å². The minimum atomic E-state index is -3.67. The van der Waals surface area contributed by atoms with Crippen LogP contribution in [-0.4, -0.2) is 64.6 Å². The number of nitro benzene ring substituents is 1. The maximum atomic E-state index is 11.4. The van der Waals surface area contributed by atoms with Crippen LogP contribution in [0.25, 0.3) is 22.2 Å². The van der Waals surface area contributed by atoms with Crippen molar-refractivity contribution in [3.8, 4) is 17.0 Å². The third-order valence-corrected chi connectivity index (χ3v) is 4.37. The average Bonchev–Trinajstić information content (AvgIpc) is 2.99. The monoisotopic (exact) mass is 435 g/mol. The quantitative estimate of drug-likeness (QED) is 0.190. The van der Waals surface area contributed by atoms with Gasteiger partial charge in [0.05, 0.1) is 28.6 Å². The molecule has 0 radical (unpaired) electrons. The fourth-order valence-corrected chi connectivity index (χ4v) is 3.16. The Bertz CT molecular complexity index is 1230. The van der Waals surface area contributed by atoms with Crippen LogP contribution < -0.4 is 5.32 Å². The van der Waals surface area contributed by atoms with Crippen LogP contribution in [0.2, 0.25) is 0 Å². The third kappa shape index (κ3) is 4.50. The van der Waals surface area contributed by atoms with Gasteiger partial charge < -0.3 is 15.3 Å². The molecule has 0 atom stereocenters. The number of nitrogens with one attached hydrogen (secondary N) is 1. The number of phenolic OH excluding ortho intramolecular Hbond substituents is 1. The van der Waals surface area contributed by atoms with E-state index in [0.717, 1.165) is 17.6 Å². The normalized spacial score (nSPS) is 12.2. The van der Waals surface area contributed by atoms with E-state index in [1.165, 1.54) is 6.07 Å². The fraction of sp³-hybridized carbons (Fsp3) is 0.278. The Morgan fingerprint density at radius 3 is 2.53 bits per heavy atom. The molecule has 1 aliphatic rings. The molecular formula is C18H21N5O6S. The summed E-state index contributed by atoms with van der Waals surface area (Å²) in [5, 5.41) is 29.8. The highest BCUT2D eigenvalue weighted by molar-refractivity contribution is 7.85. The molecule has 11 nitrogen and oxygen atoms in total. The zero-order valence-corrected chi connectivity index (χ0v) is 17.3. The Kier molecular flexibility index (Phi) is 5.65. The lowest BCUT2D eigenvalue weighted by molar-refractivity contribution is -0.383. The SMILES string of the molecule is CN(C)CCn1nc2c3c(c([N+](=O)[O-])ccc31)Nc1ccc(O)cc1-2.CS(=O)(=O)O. The van der Waals surface area contributed by atoms with Crippen LogP contribution in [0.5, 0.6) is 5.75 Å². The van der Waals surface area contributed by atoms with E-state index in [9.17, 15) is 23.6 Å². The predicted octanol–water partition coefficient (Wildman–Crippen LogP) is 2.44. The van der Waals surface area contributed by atoms with Crippen LogP contribution in [-0.2, 0) is 16.7 Å². The van der Waals surface area contributed by atoms with E-state index in [0.29, 0.717) is 35.3 Å². The Balaban J connectivity index is 0.000000461. The zero-order valence-electron chi connectivity index (χ0n) is 16.5. The van der Waals surface area contributed by atoms with E-state index in [4.69, 9.17) is 9.65 Å². The summed E-state index contributed by atoms with van der Waals surface area (Å²) in [5.41, 5.74) is 3.38. The van der Waals surface area contributed by atoms with E-state index in [1.54, 1.807) is 24.3 Å². The van der Waals surface area contributed by atoms with Gasteiger partial charge in [-0.05, 0) is 38.4 Å². The highest BCUT2D eigenvalue weighted by atomic mass is 32.2. The molecule has 0 aliphatic carbocycles. The van der Waals surface area contributed by atoms with Crippen LogP contribution in [0.15, 0.2) is 30.3 Å². The van der Waals surface area contributed by atoms with Crippen molar-refractivity contribution in [1.29, 1.82) is 0 Å². The van der Waals surface area contributed by atoms with E-state index >= 15 is 0 Å². The van der Waals surface area contributed by atoms with Crippen LogP contribution in [0.1, 0.15) is 0 Å². The van der Waals surface area contributed by atoms with Crippen molar-refractivity contribution in [2.24, 2.45) is 0 Å². The van der Waals surface area contributed by atoms with Gasteiger partial charge in [-0.25, -0.2) is 0 Å². The summed E-state index contributed by atoms with van der Waals surface area (Å²) >= 11 is 0. The number of likely N-dealkylation sites (N-methyl/N-ethyl adjacent to an activating group) is 1. The van der Waals surface area contributed by atoms with Gasteiger partial charge in [0.1, 0.15) is 17.1 Å². The number of nitrogens with zero attached hydrogens (tertiary/aromatic N) is 4. The Morgan fingerprint density at radius 2 is 1.93 bits per heavy atom. The lowest BCUT2D eigenvalue weighted by atomic mass is 9.99. The van der Waals surface area contributed by atoms with Crippen LogP contribution >= 0.6 is 0 Å². The van der Waals surface area contributed by atoms with Gasteiger partial charge in [-0.1, -0.05) is 0 Å². The number of benzene rings is 2. The number of hydrogen-bond acceptors (Lipinski definition) is 8. The van der Waals surface area contributed by atoms with Gasteiger partial charge in [-0.2, -0.15) is 13.5 Å². The van der Waals surface area contributed by atoms with E-state index in [-0.39, 0.29) is 11.4 Å². The Hall–Kier alpha value is -3.22. The van der Waals surface area contributed by atoms with Crippen LogP contribution in [0.3, 0.4) is 0 Å². The summed E-state index contributed by atoms with van der Waals surface area (Å²) in [5.74, 6) is 0.130. The molecule has 0 unspecified atom stereocenters. The molecule has 0 spiro atoms. The van der Waals surface area contributed by atoms with Crippen molar-refractivity contribution in [3.63, 3.8) is 0 Å². The number of anilines is 2. The summed E-state index contributed by atoms with van der Waals surface area (Å²) in [7, 11) is 0.297. The maximum Gasteiger partial charge on any atom is 0.293 e. The number of rotatable bonds is 4. The molecule has 3 N–H and O–H groups in total. The van der Waals surface area contributed by atoms with Crippen molar-refractivity contribution < 1.29 is 23.0 Å². The standard InChI is InChI=1S/C17H17N5O3.CH4O3S/c1-20(2)7-8-21-13-5-6-14(22(24)25)17-15(13)16(19-21)11-9-10(23)3-4-12(11)18-17;1-5(2,3)4/h3-6,9,18,23H,7-8H2,1-2H3;1H3,(H,2,3,4). The number of aromatic nitrogens is 2. The first kappa shape index (κ1) is 21.5. The van der Waals surface area contributed by atoms with E-state index in [2.05, 4.69) is 10.2 Å². The zero-order chi connectivity index (χ0) is 22.2. The molecule has 0 saturated carbocycles. The molecule has 2 aromatic carbocycles. The summed E-state index contributed by atoms with van der Waals surface area (Å²) in [4.78, 5) is 13.1. The molecule has 0 bridgehead atoms. The molecule has 3 aromatic rings. The van der Waals surface area contributed by atoms with Crippen molar-refractivity contribution in [1.82, 2.24) is 14.7 Å². The smallest absolute Gasteiger partial charge is 0.293 e. The molecule has 0 saturated heterocycles. The van der Waals surface area contributed by atoms with E-state index in [1.807, 2.05) is 18.8 Å². The molecule has 4 rings (SSSR count). The van der Waals surface area contributed by atoms with E-state index < -0.39 is 15.0 Å². The van der Waals surface area contributed by atoms with Gasteiger partial charge in [-0.3, -0.25) is 19.3 Å². The van der Waals surface area contributed by atoms with Crippen molar-refractivity contribution in [2.75, 3.05) is 32.2 Å². The summed E-state index contributed by atoms with van der Waals surface area (Å²) < 4.78 is 27.7. The molecular weight excluding hydrogens is 414 g/mol. The highest BCUT2D eigenvalue weighted by Crippen LogP contribution is 2.47. The molecule has 160 valence electrons. The molecule has 30 heavy (non-hydrogen) atoms.